The van der Waals surface area contributed by atoms with Gasteiger partial charge in [0.25, 0.3) is 0 Å². The molecule has 0 spiro atoms. The zero-order chi connectivity index (χ0) is 23.0. The molecule has 2 aromatic rings. The first-order valence-electron chi connectivity index (χ1n) is 10.3. The molecule has 2 amide bonds. The van der Waals surface area contributed by atoms with Crippen molar-refractivity contribution in [3.05, 3.63) is 47.0 Å². The van der Waals surface area contributed by atoms with Gasteiger partial charge in [-0.1, -0.05) is 11.6 Å². The molecule has 4 rings (SSSR count). The smallest absolute Gasteiger partial charge is 0.248 e. The van der Waals surface area contributed by atoms with E-state index in [0.29, 0.717) is 40.8 Å². The summed E-state index contributed by atoms with van der Waals surface area (Å²) in [5.41, 5.74) is 1.57. The normalized spacial score (nSPS) is 18.5. The van der Waals surface area contributed by atoms with Crippen LogP contribution >= 0.6 is 11.6 Å². The van der Waals surface area contributed by atoms with Gasteiger partial charge in [-0.2, -0.15) is 4.31 Å². The van der Waals surface area contributed by atoms with Gasteiger partial charge in [-0.05, 0) is 54.8 Å². The summed E-state index contributed by atoms with van der Waals surface area (Å²) in [6.45, 7) is 2.39. The molecule has 0 bridgehead atoms. The molecule has 170 valence electrons. The Bertz CT molecular complexity index is 1180. The van der Waals surface area contributed by atoms with Crippen molar-refractivity contribution in [2.75, 3.05) is 30.4 Å². The van der Waals surface area contributed by atoms with Gasteiger partial charge in [0, 0.05) is 37.1 Å². The number of hydrogen-bond donors (Lipinski definition) is 1. The summed E-state index contributed by atoms with van der Waals surface area (Å²) in [4.78, 5) is 27.1. The average Bonchev–Trinajstić information content (AvgIpc) is 3.42. The number of halogens is 1. The molecule has 0 aromatic heterocycles. The summed E-state index contributed by atoms with van der Waals surface area (Å²) in [5.74, 6) is -0.287. The molecule has 0 saturated carbocycles. The van der Waals surface area contributed by atoms with Crippen LogP contribution in [0, 0.1) is 0 Å². The Labute approximate surface area is 192 Å². The van der Waals surface area contributed by atoms with Crippen LogP contribution in [0.25, 0.3) is 0 Å². The standard InChI is InChI=1S/C22H24ClN3O5S/c1-14(27)26-19-7-6-17(32(29,30)25-9-3-4-10-25)11-15(19)12-20(26)22(28)24-18-13-16(23)5-8-21(18)31-2/h5-8,11,13,20H,3-4,9-10,12H2,1-2H3,(H,24,28)/t20-/m0/s1. The van der Waals surface area contributed by atoms with Crippen molar-refractivity contribution < 1.29 is 22.7 Å². The van der Waals surface area contributed by atoms with Crippen molar-refractivity contribution in [2.45, 2.75) is 37.1 Å². The Kier molecular flexibility index (Phi) is 6.15. The predicted octanol–water partition coefficient (Wildman–Crippen LogP) is 3.05. The average molecular weight is 478 g/mol. The third kappa shape index (κ3) is 4.07. The largest absolute Gasteiger partial charge is 0.495 e. The lowest BCUT2D eigenvalue weighted by molar-refractivity contribution is -0.122. The van der Waals surface area contributed by atoms with Crippen molar-refractivity contribution in [3.8, 4) is 5.75 Å². The summed E-state index contributed by atoms with van der Waals surface area (Å²) in [6, 6.07) is 8.71. The Morgan fingerprint density at radius 2 is 1.84 bits per heavy atom. The molecule has 0 aliphatic carbocycles. The number of fused-ring (bicyclic) bond motifs is 1. The number of carbonyl (C=O) groups is 2. The topological polar surface area (TPSA) is 96.0 Å². The minimum absolute atomic E-state index is 0.180. The van der Waals surface area contributed by atoms with Gasteiger partial charge in [-0.3, -0.25) is 14.5 Å². The number of carbonyl (C=O) groups excluding carboxylic acids is 2. The van der Waals surface area contributed by atoms with E-state index < -0.39 is 22.0 Å². The highest BCUT2D eigenvalue weighted by molar-refractivity contribution is 7.89. The van der Waals surface area contributed by atoms with Crippen LogP contribution in [0.5, 0.6) is 5.75 Å². The van der Waals surface area contributed by atoms with Crippen LogP contribution in [0.1, 0.15) is 25.3 Å². The third-order valence-electron chi connectivity index (χ3n) is 5.80. The molecule has 1 N–H and O–H groups in total. The summed E-state index contributed by atoms with van der Waals surface area (Å²) < 4.78 is 32.6. The molecule has 32 heavy (non-hydrogen) atoms. The lowest BCUT2D eigenvalue weighted by Crippen LogP contribution is -2.44. The molecule has 2 heterocycles. The van der Waals surface area contributed by atoms with Gasteiger partial charge in [-0.25, -0.2) is 8.42 Å². The summed E-state index contributed by atoms with van der Waals surface area (Å²) in [7, 11) is -2.12. The molecule has 0 radical (unpaired) electrons. The van der Waals surface area contributed by atoms with Crippen molar-refractivity contribution in [3.63, 3.8) is 0 Å². The fourth-order valence-corrected chi connectivity index (χ4v) is 6.00. The van der Waals surface area contributed by atoms with E-state index >= 15 is 0 Å². The van der Waals surface area contributed by atoms with Crippen molar-refractivity contribution in [1.82, 2.24) is 4.31 Å². The van der Waals surface area contributed by atoms with Crippen molar-refractivity contribution in [2.24, 2.45) is 0 Å². The van der Waals surface area contributed by atoms with E-state index in [1.54, 1.807) is 30.3 Å². The number of rotatable bonds is 5. The Morgan fingerprint density at radius 3 is 2.50 bits per heavy atom. The first kappa shape index (κ1) is 22.6. The molecule has 2 aromatic carbocycles. The van der Waals surface area contributed by atoms with Gasteiger partial charge in [0.15, 0.2) is 0 Å². The van der Waals surface area contributed by atoms with Gasteiger partial charge >= 0.3 is 0 Å². The highest BCUT2D eigenvalue weighted by atomic mass is 35.5. The molecule has 0 unspecified atom stereocenters. The molecule has 1 saturated heterocycles. The molecule has 10 heteroatoms. The molecule has 1 fully saturated rings. The number of hydrogen-bond acceptors (Lipinski definition) is 5. The monoisotopic (exact) mass is 477 g/mol. The first-order chi connectivity index (χ1) is 15.2. The van der Waals surface area contributed by atoms with Crippen LogP contribution in [-0.4, -0.2) is 50.8 Å². The second kappa shape index (κ2) is 8.73. The van der Waals surface area contributed by atoms with Crippen LogP contribution in [0.4, 0.5) is 11.4 Å². The predicted molar refractivity (Wildman–Crippen MR) is 122 cm³/mol. The second-order valence-corrected chi connectivity index (χ2v) is 10.2. The molecule has 8 nitrogen and oxygen atoms in total. The van der Waals surface area contributed by atoms with Crippen LogP contribution in [0.15, 0.2) is 41.3 Å². The van der Waals surface area contributed by atoms with Crippen LogP contribution in [0.3, 0.4) is 0 Å². The maximum absolute atomic E-state index is 13.1. The highest BCUT2D eigenvalue weighted by Crippen LogP contribution is 2.36. The fourth-order valence-electron chi connectivity index (χ4n) is 4.26. The van der Waals surface area contributed by atoms with Crippen molar-refractivity contribution >= 4 is 44.8 Å². The van der Waals surface area contributed by atoms with E-state index in [1.807, 2.05) is 0 Å². The number of sulfonamides is 1. The van der Waals surface area contributed by atoms with E-state index in [1.165, 1.54) is 29.3 Å². The van der Waals surface area contributed by atoms with Gasteiger partial charge in [0.2, 0.25) is 21.8 Å². The van der Waals surface area contributed by atoms with Gasteiger partial charge in [-0.15, -0.1) is 0 Å². The molecule has 1 atom stereocenters. The zero-order valence-corrected chi connectivity index (χ0v) is 19.4. The number of nitrogens with one attached hydrogen (secondary N) is 1. The Balaban J connectivity index is 1.63. The maximum Gasteiger partial charge on any atom is 0.248 e. The van der Waals surface area contributed by atoms with Gasteiger partial charge < -0.3 is 10.1 Å². The number of methoxy groups -OCH3 is 1. The summed E-state index contributed by atoms with van der Waals surface area (Å²) in [6.07, 6.45) is 1.89. The third-order valence-corrected chi connectivity index (χ3v) is 7.93. The van der Waals surface area contributed by atoms with E-state index in [4.69, 9.17) is 16.3 Å². The molecule has 2 aliphatic heterocycles. The number of amides is 2. The highest BCUT2D eigenvalue weighted by Gasteiger charge is 2.38. The molecular formula is C22H24ClN3O5S. The first-order valence-corrected chi connectivity index (χ1v) is 12.1. The van der Waals surface area contributed by atoms with Gasteiger partial charge in [0.05, 0.1) is 17.7 Å². The van der Waals surface area contributed by atoms with E-state index in [0.717, 1.165) is 12.8 Å². The van der Waals surface area contributed by atoms with Crippen LogP contribution in [-0.2, 0) is 26.0 Å². The minimum atomic E-state index is -3.60. The van der Waals surface area contributed by atoms with Gasteiger partial charge in [0.1, 0.15) is 11.8 Å². The quantitative estimate of drug-likeness (QED) is 0.714. The summed E-state index contributed by atoms with van der Waals surface area (Å²) >= 11 is 6.05. The molecular weight excluding hydrogens is 454 g/mol. The number of nitrogens with zero attached hydrogens (tertiary/aromatic N) is 2. The van der Waals surface area contributed by atoms with Crippen LogP contribution < -0.4 is 15.0 Å². The number of anilines is 2. The SMILES string of the molecule is COc1ccc(Cl)cc1NC(=O)[C@@H]1Cc2cc(S(=O)(=O)N3CCCC3)ccc2N1C(C)=O. The number of benzene rings is 2. The van der Waals surface area contributed by atoms with Crippen molar-refractivity contribution in [1.29, 1.82) is 0 Å². The fraction of sp³-hybridized carbons (Fsp3) is 0.364. The maximum atomic E-state index is 13.1. The van der Waals surface area contributed by atoms with E-state index in [9.17, 15) is 18.0 Å². The van der Waals surface area contributed by atoms with E-state index in [2.05, 4.69) is 5.32 Å². The minimum Gasteiger partial charge on any atom is -0.495 e. The molecule has 2 aliphatic rings. The zero-order valence-electron chi connectivity index (χ0n) is 17.8. The Morgan fingerprint density at radius 1 is 1.12 bits per heavy atom. The van der Waals surface area contributed by atoms with E-state index in [-0.39, 0.29) is 17.2 Å². The van der Waals surface area contributed by atoms with Crippen LogP contribution in [0.2, 0.25) is 5.02 Å². The number of ether oxygens (including phenoxy) is 1. The lowest BCUT2D eigenvalue weighted by atomic mass is 10.1. The summed E-state index contributed by atoms with van der Waals surface area (Å²) in [5, 5.41) is 3.21. The second-order valence-electron chi connectivity index (χ2n) is 7.84. The lowest BCUT2D eigenvalue weighted by Gasteiger charge is -2.24. The Hall–Kier alpha value is -2.62.